The highest BCUT2D eigenvalue weighted by Crippen LogP contribution is 2.10. The molecule has 0 aliphatic rings. The Balaban J connectivity index is 2.96. The molecule has 0 aliphatic carbocycles. The summed E-state index contributed by atoms with van der Waals surface area (Å²) < 4.78 is 0. The van der Waals surface area contributed by atoms with Crippen LogP contribution in [0.15, 0.2) is 30.6 Å². The molecule has 0 bridgehead atoms. The van der Waals surface area contributed by atoms with Crippen LogP contribution in [0.2, 0.25) is 0 Å². The number of rotatable bonds is 3. The number of aliphatic hydroxyl groups excluding tert-OH is 1. The summed E-state index contributed by atoms with van der Waals surface area (Å²) in [4.78, 5) is 8.30. The van der Waals surface area contributed by atoms with Crippen molar-refractivity contribution in [2.75, 3.05) is 0 Å². The summed E-state index contributed by atoms with van der Waals surface area (Å²) in [6.07, 6.45) is 9.12. The van der Waals surface area contributed by atoms with Crippen LogP contribution in [0.25, 0.3) is 5.57 Å². The molecule has 3 heteroatoms. The van der Waals surface area contributed by atoms with Gasteiger partial charge in [0.15, 0.2) is 5.82 Å². The number of aromatic nitrogens is 2. The third kappa shape index (κ3) is 2.50. The van der Waals surface area contributed by atoms with E-state index in [2.05, 4.69) is 9.97 Å². The Morgan fingerprint density at radius 3 is 2.43 bits per heavy atom. The monoisotopic (exact) mass is 190 g/mol. The van der Waals surface area contributed by atoms with Gasteiger partial charge >= 0.3 is 0 Å². The van der Waals surface area contributed by atoms with E-state index in [-0.39, 0.29) is 6.61 Å². The molecule has 74 valence electrons. The fourth-order valence-electron chi connectivity index (χ4n) is 1.06. The Hall–Kier alpha value is -1.48. The zero-order valence-electron chi connectivity index (χ0n) is 8.44. The molecule has 0 aromatic carbocycles. The molecule has 3 nitrogen and oxygen atoms in total. The second-order valence-electron chi connectivity index (χ2n) is 2.82. The summed E-state index contributed by atoms with van der Waals surface area (Å²) in [5, 5.41) is 8.82. The lowest BCUT2D eigenvalue weighted by Crippen LogP contribution is -1.94. The molecule has 1 rings (SSSR count). The van der Waals surface area contributed by atoms with Crippen LogP contribution in [0, 0.1) is 0 Å². The largest absolute Gasteiger partial charge is 0.392 e. The van der Waals surface area contributed by atoms with Crippen LogP contribution in [0.3, 0.4) is 0 Å². The average Bonchev–Trinajstić information content (AvgIpc) is 2.26. The molecule has 1 aromatic heterocycles. The van der Waals surface area contributed by atoms with Crippen molar-refractivity contribution in [1.82, 2.24) is 9.97 Å². The molecule has 0 unspecified atom stereocenters. The number of allylic oxidation sites excluding steroid dienone is 4. The highest BCUT2D eigenvalue weighted by Gasteiger charge is 1.99. The maximum Gasteiger partial charge on any atom is 0.158 e. The molecule has 0 radical (unpaired) electrons. The van der Waals surface area contributed by atoms with E-state index in [9.17, 15) is 0 Å². The molecule has 14 heavy (non-hydrogen) atoms. The van der Waals surface area contributed by atoms with Crippen molar-refractivity contribution in [3.05, 3.63) is 42.0 Å². The lowest BCUT2D eigenvalue weighted by atomic mass is 10.2. The lowest BCUT2D eigenvalue weighted by Gasteiger charge is -2.00. The summed E-state index contributed by atoms with van der Waals surface area (Å²) in [5.41, 5.74) is 1.71. The number of nitrogens with zero attached hydrogens (tertiary/aromatic N) is 2. The highest BCUT2D eigenvalue weighted by molar-refractivity contribution is 5.68. The van der Waals surface area contributed by atoms with E-state index in [4.69, 9.17) is 5.11 Å². The molecular weight excluding hydrogens is 176 g/mol. The van der Waals surface area contributed by atoms with Crippen molar-refractivity contribution in [2.24, 2.45) is 0 Å². The summed E-state index contributed by atoms with van der Waals surface area (Å²) in [6, 6.07) is 0. The molecular formula is C11H14N2O. The zero-order chi connectivity index (χ0) is 10.4. The molecule has 0 saturated carbocycles. The standard InChI is InChI=1S/C11H14N2O/c1-3-5-10(4-2)11-12-6-9(8-14)7-13-11/h3-7,14H,8H2,1-2H3/b5-3-,10-4+. The van der Waals surface area contributed by atoms with Crippen molar-refractivity contribution < 1.29 is 5.11 Å². The van der Waals surface area contributed by atoms with E-state index < -0.39 is 0 Å². The molecule has 0 saturated heterocycles. The quantitative estimate of drug-likeness (QED) is 0.741. The number of hydrogen-bond acceptors (Lipinski definition) is 3. The average molecular weight is 190 g/mol. The van der Waals surface area contributed by atoms with E-state index in [0.717, 1.165) is 11.1 Å². The second-order valence-corrected chi connectivity index (χ2v) is 2.82. The first kappa shape index (κ1) is 10.6. The third-order valence-corrected chi connectivity index (χ3v) is 1.80. The molecule has 0 aliphatic heterocycles. The molecule has 1 heterocycles. The molecule has 1 aromatic rings. The SMILES string of the molecule is C/C=C\C(=C/C)c1ncc(CO)cn1. The maximum absolute atomic E-state index is 8.82. The zero-order valence-corrected chi connectivity index (χ0v) is 8.44. The van der Waals surface area contributed by atoms with Crippen LogP contribution < -0.4 is 0 Å². The molecule has 0 fully saturated rings. The fourth-order valence-corrected chi connectivity index (χ4v) is 1.06. The van der Waals surface area contributed by atoms with E-state index in [0.29, 0.717) is 5.82 Å². The molecule has 0 atom stereocenters. The first-order chi connectivity index (χ1) is 6.81. The van der Waals surface area contributed by atoms with E-state index >= 15 is 0 Å². The fraction of sp³-hybridized carbons (Fsp3) is 0.273. The maximum atomic E-state index is 8.82. The van der Waals surface area contributed by atoms with Gasteiger partial charge in [0.1, 0.15) is 0 Å². The van der Waals surface area contributed by atoms with Crippen LogP contribution in [0.4, 0.5) is 0 Å². The Bertz CT molecular complexity index is 339. The van der Waals surface area contributed by atoms with Gasteiger partial charge < -0.3 is 5.11 Å². The Morgan fingerprint density at radius 2 is 2.00 bits per heavy atom. The van der Waals surface area contributed by atoms with Gasteiger partial charge in [0.05, 0.1) is 6.61 Å². The summed E-state index contributed by atoms with van der Waals surface area (Å²) in [7, 11) is 0. The molecule has 0 amide bonds. The van der Waals surface area contributed by atoms with E-state index in [1.54, 1.807) is 12.4 Å². The van der Waals surface area contributed by atoms with Crippen molar-refractivity contribution >= 4 is 5.57 Å². The van der Waals surface area contributed by atoms with Gasteiger partial charge in [-0.2, -0.15) is 0 Å². The molecule has 1 N–H and O–H groups in total. The van der Waals surface area contributed by atoms with Gasteiger partial charge in [-0.3, -0.25) is 0 Å². The van der Waals surface area contributed by atoms with Gasteiger partial charge in [-0.05, 0) is 13.8 Å². The van der Waals surface area contributed by atoms with Crippen molar-refractivity contribution in [2.45, 2.75) is 20.5 Å². The minimum Gasteiger partial charge on any atom is -0.392 e. The van der Waals surface area contributed by atoms with Gasteiger partial charge in [0, 0.05) is 23.5 Å². The number of aliphatic hydroxyl groups is 1. The third-order valence-electron chi connectivity index (χ3n) is 1.80. The van der Waals surface area contributed by atoms with Crippen LogP contribution >= 0.6 is 0 Å². The van der Waals surface area contributed by atoms with E-state index in [1.165, 1.54) is 0 Å². The summed E-state index contributed by atoms with van der Waals surface area (Å²) in [5.74, 6) is 0.683. The molecule has 0 spiro atoms. The van der Waals surface area contributed by atoms with Gasteiger partial charge in [-0.15, -0.1) is 0 Å². The van der Waals surface area contributed by atoms with Crippen molar-refractivity contribution in [3.8, 4) is 0 Å². The lowest BCUT2D eigenvalue weighted by molar-refractivity contribution is 0.281. The second kappa shape index (κ2) is 5.29. The van der Waals surface area contributed by atoms with Crippen molar-refractivity contribution in [1.29, 1.82) is 0 Å². The summed E-state index contributed by atoms with van der Waals surface area (Å²) in [6.45, 7) is 3.87. The van der Waals surface area contributed by atoms with Crippen molar-refractivity contribution in [3.63, 3.8) is 0 Å². The predicted octanol–water partition coefficient (Wildman–Crippen LogP) is 1.95. The minimum absolute atomic E-state index is 0.0188. The smallest absolute Gasteiger partial charge is 0.158 e. The van der Waals surface area contributed by atoms with Crippen LogP contribution in [-0.2, 0) is 6.61 Å². The van der Waals surface area contributed by atoms with Gasteiger partial charge in [-0.25, -0.2) is 9.97 Å². The minimum atomic E-state index is -0.0188. The van der Waals surface area contributed by atoms with Crippen LogP contribution in [0.1, 0.15) is 25.2 Å². The number of hydrogen-bond donors (Lipinski definition) is 1. The Labute approximate surface area is 83.8 Å². The van der Waals surface area contributed by atoms with E-state index in [1.807, 2.05) is 32.1 Å². The van der Waals surface area contributed by atoms with Gasteiger partial charge in [-0.1, -0.05) is 18.2 Å². The van der Waals surface area contributed by atoms with Crippen LogP contribution in [0.5, 0.6) is 0 Å². The van der Waals surface area contributed by atoms with Gasteiger partial charge in [0.25, 0.3) is 0 Å². The highest BCUT2D eigenvalue weighted by atomic mass is 16.3. The first-order valence-electron chi connectivity index (χ1n) is 4.53. The van der Waals surface area contributed by atoms with Crippen LogP contribution in [-0.4, -0.2) is 15.1 Å². The topological polar surface area (TPSA) is 46.0 Å². The normalized spacial score (nSPS) is 12.4. The first-order valence-corrected chi connectivity index (χ1v) is 4.53. The Morgan fingerprint density at radius 1 is 1.36 bits per heavy atom. The van der Waals surface area contributed by atoms with Gasteiger partial charge in [0.2, 0.25) is 0 Å². The Kier molecular flexibility index (Phi) is 4.01. The predicted molar refractivity (Wildman–Crippen MR) is 56.4 cm³/mol. The summed E-state index contributed by atoms with van der Waals surface area (Å²) >= 11 is 0.